The van der Waals surface area contributed by atoms with Gasteiger partial charge in [-0.05, 0) is 18.4 Å². The average molecular weight is 251 g/mol. The van der Waals surface area contributed by atoms with Crippen molar-refractivity contribution in [3.05, 3.63) is 12.2 Å². The molecule has 0 aliphatic rings. The maximum Gasteiger partial charge on any atom is 0.129 e. The number of hydrogen-bond donors (Lipinski definition) is 0. The van der Waals surface area contributed by atoms with Gasteiger partial charge in [-0.1, -0.05) is 77.6 Å². The summed E-state index contributed by atoms with van der Waals surface area (Å²) in [6.07, 6.45) is 10.6. The van der Waals surface area contributed by atoms with E-state index in [9.17, 15) is 0 Å². The summed E-state index contributed by atoms with van der Waals surface area (Å²) < 4.78 is 0. The fraction of sp³-hybridized carbons (Fsp3) is 0.750. The van der Waals surface area contributed by atoms with Crippen LogP contribution in [0.3, 0.4) is 0 Å². The third kappa shape index (κ3) is 13.5. The van der Waals surface area contributed by atoms with Crippen LogP contribution in [0.2, 0.25) is 19.6 Å². The molecule has 0 bridgehead atoms. The van der Waals surface area contributed by atoms with E-state index in [0.717, 1.165) is 12.0 Å². The summed E-state index contributed by atoms with van der Waals surface area (Å²) in [4.78, 5) is 0. The van der Waals surface area contributed by atoms with Crippen LogP contribution in [0, 0.1) is 11.5 Å². The molecule has 0 amide bonds. The van der Waals surface area contributed by atoms with Crippen LogP contribution in [0.25, 0.3) is 0 Å². The van der Waals surface area contributed by atoms with Crippen LogP contribution in [0.1, 0.15) is 58.3 Å². The quantitative estimate of drug-likeness (QED) is 0.300. The molecule has 0 aromatic heterocycles. The van der Waals surface area contributed by atoms with Gasteiger partial charge in [-0.25, -0.2) is 0 Å². The summed E-state index contributed by atoms with van der Waals surface area (Å²) in [6.45, 7) is 13.2. The summed E-state index contributed by atoms with van der Waals surface area (Å²) in [5.74, 6) is 3.25. The molecule has 0 aromatic rings. The van der Waals surface area contributed by atoms with E-state index in [2.05, 4.69) is 44.6 Å². The van der Waals surface area contributed by atoms with E-state index in [1.54, 1.807) is 0 Å². The Morgan fingerprint density at radius 1 is 0.941 bits per heavy atom. The third-order valence-corrected chi connectivity index (χ3v) is 3.57. The third-order valence-electron chi connectivity index (χ3n) is 2.70. The fourth-order valence-corrected chi connectivity index (χ4v) is 2.19. The van der Waals surface area contributed by atoms with Crippen LogP contribution in [0.4, 0.5) is 0 Å². The lowest BCUT2D eigenvalue weighted by atomic mass is 10.1. The zero-order valence-corrected chi connectivity index (χ0v) is 13.4. The molecule has 0 atom stereocenters. The number of rotatable bonds is 8. The monoisotopic (exact) mass is 250 g/mol. The van der Waals surface area contributed by atoms with Crippen LogP contribution in [-0.4, -0.2) is 8.07 Å². The molecule has 0 aromatic carbocycles. The SMILES string of the molecule is C=C(C#C[Si](C)(C)C)CCCCCCCCC. The van der Waals surface area contributed by atoms with Crippen LogP contribution in [-0.2, 0) is 0 Å². The molecule has 0 rings (SSSR count). The second kappa shape index (κ2) is 9.54. The molecule has 17 heavy (non-hydrogen) atoms. The van der Waals surface area contributed by atoms with Crippen LogP contribution >= 0.6 is 0 Å². The highest BCUT2D eigenvalue weighted by Crippen LogP contribution is 2.11. The second-order valence-corrected chi connectivity index (χ2v) is 10.7. The molecule has 0 spiro atoms. The Balaban J connectivity index is 3.48. The van der Waals surface area contributed by atoms with E-state index in [1.807, 2.05) is 0 Å². The van der Waals surface area contributed by atoms with Crippen molar-refractivity contribution < 1.29 is 0 Å². The molecule has 0 fully saturated rings. The van der Waals surface area contributed by atoms with Crippen molar-refractivity contribution in [3.8, 4) is 11.5 Å². The highest BCUT2D eigenvalue weighted by atomic mass is 28.3. The lowest BCUT2D eigenvalue weighted by molar-refractivity contribution is 0.590. The molecule has 0 unspecified atom stereocenters. The summed E-state index contributed by atoms with van der Waals surface area (Å²) in [6, 6.07) is 0. The van der Waals surface area contributed by atoms with Crippen molar-refractivity contribution in [1.82, 2.24) is 0 Å². The number of allylic oxidation sites excluding steroid dienone is 1. The van der Waals surface area contributed by atoms with Gasteiger partial charge in [0.15, 0.2) is 0 Å². The molecule has 0 radical (unpaired) electrons. The molecule has 0 heterocycles. The first kappa shape index (κ1) is 16.5. The summed E-state index contributed by atoms with van der Waals surface area (Å²) in [5.41, 5.74) is 4.52. The van der Waals surface area contributed by atoms with E-state index < -0.39 is 8.07 Å². The van der Waals surface area contributed by atoms with E-state index in [4.69, 9.17) is 0 Å². The molecule has 0 saturated carbocycles. The van der Waals surface area contributed by atoms with Gasteiger partial charge in [-0.15, -0.1) is 5.54 Å². The zero-order valence-electron chi connectivity index (χ0n) is 12.4. The Morgan fingerprint density at radius 2 is 1.47 bits per heavy atom. The van der Waals surface area contributed by atoms with Crippen molar-refractivity contribution in [2.75, 3.05) is 0 Å². The van der Waals surface area contributed by atoms with Gasteiger partial charge >= 0.3 is 0 Å². The Hall–Kier alpha value is -0.483. The van der Waals surface area contributed by atoms with E-state index in [-0.39, 0.29) is 0 Å². The van der Waals surface area contributed by atoms with E-state index in [0.29, 0.717) is 0 Å². The molecular formula is C16H30Si. The van der Waals surface area contributed by atoms with Gasteiger partial charge in [0.1, 0.15) is 8.07 Å². The minimum absolute atomic E-state index is 1.10. The van der Waals surface area contributed by atoms with Crippen molar-refractivity contribution in [2.45, 2.75) is 77.9 Å². The standard InChI is InChI=1S/C16H30Si/c1-6-7-8-9-10-11-12-13-16(2)14-15-17(3,4)5/h2,6-13H2,1,3-5H3. The largest absolute Gasteiger partial charge is 0.129 e. The highest BCUT2D eigenvalue weighted by Gasteiger charge is 2.07. The predicted octanol–water partition coefficient (Wildman–Crippen LogP) is 5.56. The van der Waals surface area contributed by atoms with Gasteiger partial charge in [0.25, 0.3) is 0 Å². The van der Waals surface area contributed by atoms with Gasteiger partial charge < -0.3 is 0 Å². The molecule has 0 aliphatic heterocycles. The maximum atomic E-state index is 4.05. The zero-order chi connectivity index (χ0) is 13.1. The first-order chi connectivity index (χ1) is 7.95. The van der Waals surface area contributed by atoms with Crippen molar-refractivity contribution in [3.63, 3.8) is 0 Å². The van der Waals surface area contributed by atoms with E-state index >= 15 is 0 Å². The molecule has 1 heteroatoms. The van der Waals surface area contributed by atoms with Gasteiger partial charge in [-0.3, -0.25) is 0 Å². The Bertz CT molecular complexity index is 259. The molecule has 0 saturated heterocycles. The van der Waals surface area contributed by atoms with Crippen molar-refractivity contribution in [1.29, 1.82) is 0 Å². The number of unbranched alkanes of at least 4 members (excludes halogenated alkanes) is 6. The van der Waals surface area contributed by atoms with Gasteiger partial charge in [0, 0.05) is 0 Å². The Morgan fingerprint density at radius 3 is 2.00 bits per heavy atom. The lowest BCUT2D eigenvalue weighted by Gasteiger charge is -2.04. The minimum Gasteiger partial charge on any atom is -0.127 e. The first-order valence-electron chi connectivity index (χ1n) is 7.16. The van der Waals surface area contributed by atoms with Crippen LogP contribution < -0.4 is 0 Å². The van der Waals surface area contributed by atoms with Crippen molar-refractivity contribution in [2.24, 2.45) is 0 Å². The first-order valence-corrected chi connectivity index (χ1v) is 10.7. The summed E-state index contributed by atoms with van der Waals surface area (Å²) in [5, 5.41) is 0. The summed E-state index contributed by atoms with van der Waals surface area (Å²) >= 11 is 0. The smallest absolute Gasteiger partial charge is 0.127 e. The highest BCUT2D eigenvalue weighted by molar-refractivity contribution is 6.83. The minimum atomic E-state index is -1.21. The molecule has 0 nitrogen and oxygen atoms in total. The van der Waals surface area contributed by atoms with E-state index in [1.165, 1.54) is 44.9 Å². The molecule has 98 valence electrons. The predicted molar refractivity (Wildman–Crippen MR) is 82.9 cm³/mol. The molecule has 0 N–H and O–H groups in total. The lowest BCUT2D eigenvalue weighted by Crippen LogP contribution is -2.16. The second-order valence-electron chi connectivity index (χ2n) is 5.97. The summed E-state index contributed by atoms with van der Waals surface area (Å²) in [7, 11) is -1.21. The van der Waals surface area contributed by atoms with Crippen molar-refractivity contribution >= 4 is 8.07 Å². The normalized spacial score (nSPS) is 10.8. The number of hydrogen-bond acceptors (Lipinski definition) is 0. The van der Waals surface area contributed by atoms with Crippen LogP contribution in [0.5, 0.6) is 0 Å². The van der Waals surface area contributed by atoms with Gasteiger partial charge in [0.2, 0.25) is 0 Å². The maximum absolute atomic E-state index is 4.05. The molecular weight excluding hydrogens is 220 g/mol. The topological polar surface area (TPSA) is 0 Å². The Kier molecular flexibility index (Phi) is 9.27. The van der Waals surface area contributed by atoms with Crippen LogP contribution in [0.15, 0.2) is 12.2 Å². The molecule has 0 aliphatic carbocycles. The fourth-order valence-electron chi connectivity index (χ4n) is 1.63. The average Bonchev–Trinajstić information content (AvgIpc) is 2.24. The Labute approximate surface area is 110 Å². The van der Waals surface area contributed by atoms with Gasteiger partial charge in [0.05, 0.1) is 0 Å². The van der Waals surface area contributed by atoms with Gasteiger partial charge in [-0.2, -0.15) is 0 Å².